The van der Waals surface area contributed by atoms with E-state index >= 15 is 0 Å². The second kappa shape index (κ2) is 6.93. The van der Waals surface area contributed by atoms with Gasteiger partial charge in [-0.3, -0.25) is 9.79 Å². The van der Waals surface area contributed by atoms with Crippen LogP contribution in [0.5, 0.6) is 0 Å². The van der Waals surface area contributed by atoms with Crippen molar-refractivity contribution < 1.29 is 14.6 Å². The summed E-state index contributed by atoms with van der Waals surface area (Å²) in [5.41, 5.74) is 0.418. The van der Waals surface area contributed by atoms with Crippen LogP contribution >= 0.6 is 11.8 Å². The summed E-state index contributed by atoms with van der Waals surface area (Å²) in [6.45, 7) is 6.59. The number of carbonyl (C=O) groups is 1. The summed E-state index contributed by atoms with van der Waals surface area (Å²) < 4.78 is 5.44. The van der Waals surface area contributed by atoms with Crippen molar-refractivity contribution in [2.75, 3.05) is 39.4 Å². The van der Waals surface area contributed by atoms with Crippen LogP contribution in [0.2, 0.25) is 0 Å². The Kier molecular flexibility index (Phi) is 4.81. The number of aliphatic hydroxyl groups is 1. The third-order valence-corrected chi connectivity index (χ3v) is 7.14. The summed E-state index contributed by atoms with van der Waals surface area (Å²) in [7, 11) is 0. The molecule has 0 unspecified atom stereocenters. The third-order valence-electron chi connectivity index (χ3n) is 6.19. The van der Waals surface area contributed by atoms with Crippen LogP contribution in [0.15, 0.2) is 16.1 Å². The molecule has 138 valence electrons. The largest absolute Gasteiger partial charge is 0.389 e. The molecule has 4 rings (SSSR count). The van der Waals surface area contributed by atoms with Gasteiger partial charge in [0.2, 0.25) is 5.91 Å². The van der Waals surface area contributed by atoms with E-state index in [1.165, 1.54) is 0 Å². The lowest BCUT2D eigenvalue weighted by Crippen LogP contribution is -2.57. The van der Waals surface area contributed by atoms with Crippen molar-refractivity contribution in [3.63, 3.8) is 0 Å². The summed E-state index contributed by atoms with van der Waals surface area (Å²) in [4.78, 5) is 21.3. The van der Waals surface area contributed by atoms with Gasteiger partial charge < -0.3 is 19.6 Å². The van der Waals surface area contributed by atoms with E-state index in [-0.39, 0.29) is 11.8 Å². The van der Waals surface area contributed by atoms with E-state index in [9.17, 15) is 9.90 Å². The van der Waals surface area contributed by atoms with Crippen molar-refractivity contribution in [2.24, 2.45) is 16.8 Å². The standard InChI is InChI=1S/C18H27N3O3S/c1-13-11-20(6-4-18(13,23)14-2-8-24-9-3-14)16(22)10-15-12-25-17-19-5-7-21(15)17/h12-14,23H,2-11H2,1H3/t13-,18+/m1/s1. The number of rotatable bonds is 3. The van der Waals surface area contributed by atoms with Gasteiger partial charge >= 0.3 is 0 Å². The average Bonchev–Trinajstić information content (AvgIpc) is 3.23. The smallest absolute Gasteiger partial charge is 0.228 e. The molecule has 4 aliphatic heterocycles. The molecule has 0 radical (unpaired) electrons. The van der Waals surface area contributed by atoms with Gasteiger partial charge in [0, 0.05) is 44.5 Å². The zero-order chi connectivity index (χ0) is 17.4. The number of nitrogens with zero attached hydrogens (tertiary/aromatic N) is 3. The first-order valence-electron chi connectivity index (χ1n) is 9.33. The highest BCUT2D eigenvalue weighted by atomic mass is 32.2. The normalized spacial score (nSPS) is 33.3. The van der Waals surface area contributed by atoms with Crippen molar-refractivity contribution >= 4 is 22.8 Å². The fourth-order valence-electron chi connectivity index (χ4n) is 4.55. The quantitative estimate of drug-likeness (QED) is 0.824. The van der Waals surface area contributed by atoms with Crippen LogP contribution in [-0.2, 0) is 9.53 Å². The maximum Gasteiger partial charge on any atom is 0.228 e. The van der Waals surface area contributed by atoms with E-state index in [4.69, 9.17) is 4.74 Å². The van der Waals surface area contributed by atoms with Crippen LogP contribution < -0.4 is 0 Å². The number of hydrogen-bond donors (Lipinski definition) is 1. The predicted molar refractivity (Wildman–Crippen MR) is 98.2 cm³/mol. The maximum absolute atomic E-state index is 12.8. The van der Waals surface area contributed by atoms with Gasteiger partial charge in [0.25, 0.3) is 0 Å². The number of fused-ring (bicyclic) bond motifs is 1. The molecule has 0 aromatic carbocycles. The molecule has 2 saturated heterocycles. The summed E-state index contributed by atoms with van der Waals surface area (Å²) >= 11 is 1.62. The van der Waals surface area contributed by atoms with Gasteiger partial charge in [-0.1, -0.05) is 18.7 Å². The summed E-state index contributed by atoms with van der Waals surface area (Å²) in [6, 6.07) is 0. The van der Waals surface area contributed by atoms with Crippen molar-refractivity contribution in [3.8, 4) is 0 Å². The number of hydrogen-bond acceptors (Lipinski definition) is 6. The van der Waals surface area contributed by atoms with Gasteiger partial charge in [-0.2, -0.15) is 0 Å². The van der Waals surface area contributed by atoms with Crippen molar-refractivity contribution in [2.45, 2.75) is 38.2 Å². The van der Waals surface area contributed by atoms with Gasteiger partial charge in [0.15, 0.2) is 5.17 Å². The highest BCUT2D eigenvalue weighted by Gasteiger charge is 2.46. The zero-order valence-corrected chi connectivity index (χ0v) is 15.6. The molecule has 25 heavy (non-hydrogen) atoms. The van der Waals surface area contributed by atoms with Gasteiger partial charge in [-0.15, -0.1) is 0 Å². The van der Waals surface area contributed by atoms with Crippen molar-refractivity contribution in [1.82, 2.24) is 9.80 Å². The minimum atomic E-state index is -0.655. The fourth-order valence-corrected chi connectivity index (χ4v) is 5.51. The fraction of sp³-hybridized carbons (Fsp3) is 0.778. The number of carbonyl (C=O) groups excluding carboxylic acids is 1. The summed E-state index contributed by atoms with van der Waals surface area (Å²) in [6.07, 6.45) is 2.97. The lowest BCUT2D eigenvalue weighted by molar-refractivity contribution is -0.150. The lowest BCUT2D eigenvalue weighted by atomic mass is 9.70. The highest BCUT2D eigenvalue weighted by molar-refractivity contribution is 8.16. The first-order valence-corrected chi connectivity index (χ1v) is 10.2. The Morgan fingerprint density at radius 2 is 2.24 bits per heavy atom. The summed E-state index contributed by atoms with van der Waals surface area (Å²) in [5, 5.41) is 14.3. The Bertz CT molecular complexity index is 602. The second-order valence-corrected chi connectivity index (χ2v) is 8.42. The van der Waals surface area contributed by atoms with Gasteiger partial charge in [0.1, 0.15) is 0 Å². The SMILES string of the molecule is C[C@@H]1CN(C(=O)CC2=CSC3=NCCN23)CC[C@@]1(O)C1CCOCC1. The van der Waals surface area contributed by atoms with E-state index in [1.807, 2.05) is 4.90 Å². The molecule has 4 heterocycles. The van der Waals surface area contributed by atoms with E-state index in [2.05, 4.69) is 22.2 Å². The van der Waals surface area contributed by atoms with Crippen LogP contribution in [0.3, 0.4) is 0 Å². The molecule has 4 aliphatic rings. The molecule has 0 aromatic heterocycles. The molecule has 0 bridgehead atoms. The van der Waals surface area contributed by atoms with E-state index in [1.54, 1.807) is 11.8 Å². The number of likely N-dealkylation sites (tertiary alicyclic amines) is 1. The zero-order valence-electron chi connectivity index (χ0n) is 14.8. The summed E-state index contributed by atoms with van der Waals surface area (Å²) in [5.74, 6) is 0.566. The Balaban J connectivity index is 1.35. The second-order valence-electron chi connectivity index (χ2n) is 7.59. The molecule has 0 saturated carbocycles. The molecule has 7 heteroatoms. The number of piperidine rings is 1. The molecule has 0 aliphatic carbocycles. The van der Waals surface area contributed by atoms with Gasteiger partial charge in [-0.25, -0.2) is 0 Å². The first-order chi connectivity index (χ1) is 12.1. The van der Waals surface area contributed by atoms with Crippen molar-refractivity contribution in [1.29, 1.82) is 0 Å². The number of thioether (sulfide) groups is 1. The minimum Gasteiger partial charge on any atom is -0.389 e. The topological polar surface area (TPSA) is 65.4 Å². The van der Waals surface area contributed by atoms with E-state index < -0.39 is 5.60 Å². The molecule has 1 amide bonds. The Morgan fingerprint density at radius 3 is 3.00 bits per heavy atom. The monoisotopic (exact) mass is 365 g/mol. The molecule has 0 aromatic rings. The Labute approximate surface area is 153 Å². The number of ether oxygens (including phenoxy) is 1. The van der Waals surface area contributed by atoms with Gasteiger partial charge in [0.05, 0.1) is 18.6 Å². The van der Waals surface area contributed by atoms with Gasteiger partial charge in [-0.05, 0) is 30.6 Å². The molecular formula is C18H27N3O3S. The van der Waals surface area contributed by atoms with Crippen molar-refractivity contribution in [3.05, 3.63) is 11.1 Å². The number of amidine groups is 1. The van der Waals surface area contributed by atoms with Crippen LogP contribution in [0.4, 0.5) is 0 Å². The Hall–Kier alpha value is -1.05. The molecule has 2 atom stereocenters. The predicted octanol–water partition coefficient (Wildman–Crippen LogP) is 1.66. The number of aliphatic imine (C=N–C) groups is 1. The van der Waals surface area contributed by atoms with E-state index in [0.717, 1.165) is 50.0 Å². The molecule has 2 fully saturated rings. The minimum absolute atomic E-state index is 0.101. The third kappa shape index (κ3) is 3.22. The highest BCUT2D eigenvalue weighted by Crippen LogP contribution is 2.40. The molecule has 1 N–H and O–H groups in total. The molecule has 6 nitrogen and oxygen atoms in total. The maximum atomic E-state index is 12.8. The van der Waals surface area contributed by atoms with E-state index in [0.29, 0.717) is 31.8 Å². The Morgan fingerprint density at radius 1 is 1.44 bits per heavy atom. The van der Waals surface area contributed by atoms with Crippen LogP contribution in [0.25, 0.3) is 0 Å². The average molecular weight is 365 g/mol. The lowest BCUT2D eigenvalue weighted by Gasteiger charge is -2.48. The first kappa shape index (κ1) is 17.4. The number of amides is 1. The van der Waals surface area contributed by atoms with Crippen LogP contribution in [0.1, 0.15) is 32.6 Å². The van der Waals surface area contributed by atoms with Crippen LogP contribution in [-0.4, -0.2) is 71.0 Å². The molecule has 0 spiro atoms. The molecular weight excluding hydrogens is 338 g/mol. The van der Waals surface area contributed by atoms with Crippen LogP contribution in [0, 0.1) is 11.8 Å².